The van der Waals surface area contributed by atoms with E-state index in [1.807, 2.05) is 6.92 Å². The third-order valence-electron chi connectivity index (χ3n) is 3.49. The number of hydrogen-bond donors (Lipinski definition) is 0. The van der Waals surface area contributed by atoms with E-state index in [1.54, 1.807) is 0 Å². The van der Waals surface area contributed by atoms with Gasteiger partial charge in [-0.2, -0.15) is 10.2 Å². The third-order valence-corrected chi connectivity index (χ3v) is 3.49. The molecule has 0 aliphatic carbocycles. The van der Waals surface area contributed by atoms with Gasteiger partial charge in [0.05, 0.1) is 18.9 Å². The van der Waals surface area contributed by atoms with Crippen molar-refractivity contribution in [1.82, 2.24) is 24.1 Å². The second-order valence-corrected chi connectivity index (χ2v) is 5.09. The average molecular weight is 321 g/mol. The van der Waals surface area contributed by atoms with Crippen molar-refractivity contribution in [2.75, 3.05) is 7.11 Å². The molecule has 0 aliphatic heterocycles. The van der Waals surface area contributed by atoms with Gasteiger partial charge < -0.3 is 4.74 Å². The zero-order valence-electron chi connectivity index (χ0n) is 13.6. The predicted molar refractivity (Wildman–Crippen MR) is 83.7 cm³/mol. The van der Waals surface area contributed by atoms with E-state index in [4.69, 9.17) is 4.74 Å². The van der Waals surface area contributed by atoms with E-state index in [9.17, 15) is 14.4 Å². The Labute approximate surface area is 131 Å². The Balaban J connectivity index is 2.78. The number of methoxy groups -OCH3 is 1. The normalized spacial score (nSPS) is 10.8. The van der Waals surface area contributed by atoms with Crippen LogP contribution in [-0.4, -0.2) is 31.2 Å². The lowest BCUT2D eigenvalue weighted by atomic mass is 10.2. The van der Waals surface area contributed by atoms with E-state index in [0.29, 0.717) is 6.42 Å². The van der Waals surface area contributed by atoms with Gasteiger partial charge in [0, 0.05) is 20.6 Å². The summed E-state index contributed by atoms with van der Waals surface area (Å²) in [4.78, 5) is 36.8. The Morgan fingerprint density at radius 2 is 1.83 bits per heavy atom. The summed E-state index contributed by atoms with van der Waals surface area (Å²) >= 11 is 0. The number of aromatic nitrogens is 5. The summed E-state index contributed by atoms with van der Waals surface area (Å²) < 4.78 is 8.39. The maximum absolute atomic E-state index is 12.6. The molecule has 0 saturated heterocycles. The number of rotatable bonds is 5. The summed E-state index contributed by atoms with van der Waals surface area (Å²) in [6.07, 6.45) is 2.85. The van der Waals surface area contributed by atoms with E-state index in [-0.39, 0.29) is 23.6 Å². The quantitative estimate of drug-likeness (QED) is 0.736. The predicted octanol–water partition coefficient (Wildman–Crippen LogP) is -0.489. The highest BCUT2D eigenvalue weighted by Gasteiger charge is 2.20. The van der Waals surface area contributed by atoms with Gasteiger partial charge in [-0.3, -0.25) is 14.2 Å². The Morgan fingerprint density at radius 1 is 1.13 bits per heavy atom. The largest absolute Gasteiger partial charge is 0.491 e. The van der Waals surface area contributed by atoms with Gasteiger partial charge in [0.25, 0.3) is 5.56 Å². The molecule has 2 rings (SSSR count). The average Bonchev–Trinajstić information content (AvgIpc) is 2.53. The Hall–Kier alpha value is -2.71. The zero-order chi connectivity index (χ0) is 17.1. The fourth-order valence-electron chi connectivity index (χ4n) is 2.19. The molecule has 0 saturated carbocycles. The number of ether oxygens (including phenoxy) is 1. The molecule has 2 aromatic heterocycles. The summed E-state index contributed by atoms with van der Waals surface area (Å²) in [5.74, 6) is -0.0345. The fourth-order valence-corrected chi connectivity index (χ4v) is 2.19. The highest BCUT2D eigenvalue weighted by atomic mass is 16.5. The second-order valence-electron chi connectivity index (χ2n) is 5.09. The van der Waals surface area contributed by atoms with Crippen molar-refractivity contribution >= 4 is 0 Å². The lowest BCUT2D eigenvalue weighted by Gasteiger charge is -2.11. The van der Waals surface area contributed by atoms with Gasteiger partial charge >= 0.3 is 11.2 Å². The van der Waals surface area contributed by atoms with Gasteiger partial charge in [0.2, 0.25) is 0 Å². The second kappa shape index (κ2) is 6.59. The van der Waals surface area contributed by atoms with Crippen molar-refractivity contribution in [2.24, 2.45) is 14.1 Å². The van der Waals surface area contributed by atoms with Crippen LogP contribution in [0, 0.1) is 0 Å². The van der Waals surface area contributed by atoms with E-state index in [0.717, 1.165) is 20.4 Å². The van der Waals surface area contributed by atoms with Gasteiger partial charge in [-0.05, 0) is 6.42 Å². The summed E-state index contributed by atoms with van der Waals surface area (Å²) in [5.41, 5.74) is -1.41. The standard InChI is InChI=1S/C14H19N5O4/c1-5-6-7-19-12(20)10(16-18(3)14(19)22)9-8-15-17(2)13(21)11(9)23-4/h8H,5-7H2,1-4H3. The fraction of sp³-hybridized carbons (Fsp3) is 0.500. The Morgan fingerprint density at radius 3 is 2.43 bits per heavy atom. The van der Waals surface area contributed by atoms with Gasteiger partial charge in [-0.15, -0.1) is 0 Å². The number of unbranched alkanes of at least 4 members (excludes halogenated alkanes) is 1. The Bertz CT molecular complexity index is 894. The van der Waals surface area contributed by atoms with Crippen LogP contribution in [0.15, 0.2) is 20.6 Å². The topological polar surface area (TPSA) is 101 Å². The molecule has 0 spiro atoms. The van der Waals surface area contributed by atoms with Gasteiger partial charge in [0.15, 0.2) is 11.4 Å². The molecule has 9 nitrogen and oxygen atoms in total. The highest BCUT2D eigenvalue weighted by molar-refractivity contribution is 5.64. The molecule has 0 N–H and O–H groups in total. The van der Waals surface area contributed by atoms with E-state index < -0.39 is 16.8 Å². The molecule has 0 amide bonds. The molecule has 23 heavy (non-hydrogen) atoms. The SMILES string of the molecule is CCCCn1c(=O)c(-c2cnn(C)c(=O)c2OC)nn(C)c1=O. The Kier molecular flexibility index (Phi) is 4.77. The molecular formula is C14H19N5O4. The maximum atomic E-state index is 12.6. The summed E-state index contributed by atoms with van der Waals surface area (Å²) in [6, 6.07) is 0. The minimum Gasteiger partial charge on any atom is -0.491 e. The van der Waals surface area contributed by atoms with E-state index in [1.165, 1.54) is 27.4 Å². The van der Waals surface area contributed by atoms with Crippen molar-refractivity contribution < 1.29 is 4.74 Å². The molecule has 0 radical (unpaired) electrons. The first-order chi connectivity index (χ1) is 10.9. The van der Waals surface area contributed by atoms with Crippen LogP contribution in [0.4, 0.5) is 0 Å². The van der Waals surface area contributed by atoms with Crippen LogP contribution in [0.25, 0.3) is 11.3 Å². The number of nitrogens with zero attached hydrogens (tertiary/aromatic N) is 5. The maximum Gasteiger partial charge on any atom is 0.347 e. The van der Waals surface area contributed by atoms with Crippen molar-refractivity contribution in [3.8, 4) is 17.0 Å². The molecule has 2 heterocycles. The van der Waals surface area contributed by atoms with Crippen molar-refractivity contribution in [3.63, 3.8) is 0 Å². The van der Waals surface area contributed by atoms with Gasteiger partial charge in [-0.25, -0.2) is 14.2 Å². The monoisotopic (exact) mass is 321 g/mol. The summed E-state index contributed by atoms with van der Waals surface area (Å²) in [6.45, 7) is 2.25. The van der Waals surface area contributed by atoms with Crippen LogP contribution >= 0.6 is 0 Å². The minimum absolute atomic E-state index is 0.0345. The first kappa shape index (κ1) is 16.7. The van der Waals surface area contributed by atoms with Gasteiger partial charge in [0.1, 0.15) is 0 Å². The lowest BCUT2D eigenvalue weighted by Crippen LogP contribution is -2.41. The van der Waals surface area contributed by atoms with Crippen molar-refractivity contribution in [3.05, 3.63) is 37.4 Å². The molecular weight excluding hydrogens is 302 g/mol. The molecule has 0 unspecified atom stereocenters. The van der Waals surface area contributed by atoms with Crippen LogP contribution in [0.2, 0.25) is 0 Å². The van der Waals surface area contributed by atoms with Gasteiger partial charge in [-0.1, -0.05) is 13.3 Å². The minimum atomic E-state index is -0.560. The zero-order valence-corrected chi connectivity index (χ0v) is 13.6. The van der Waals surface area contributed by atoms with Crippen molar-refractivity contribution in [2.45, 2.75) is 26.3 Å². The van der Waals surface area contributed by atoms with Crippen molar-refractivity contribution in [1.29, 1.82) is 0 Å². The molecule has 124 valence electrons. The third kappa shape index (κ3) is 2.94. The number of aryl methyl sites for hydroxylation is 2. The first-order valence-electron chi connectivity index (χ1n) is 7.21. The smallest absolute Gasteiger partial charge is 0.347 e. The first-order valence-corrected chi connectivity index (χ1v) is 7.21. The van der Waals surface area contributed by atoms with Crippen LogP contribution in [0.3, 0.4) is 0 Å². The summed E-state index contributed by atoms with van der Waals surface area (Å²) in [5, 5.41) is 7.89. The molecule has 9 heteroatoms. The molecule has 0 atom stereocenters. The van der Waals surface area contributed by atoms with Crippen LogP contribution in [0.1, 0.15) is 19.8 Å². The number of hydrogen-bond acceptors (Lipinski definition) is 6. The molecule has 0 aromatic carbocycles. The summed E-state index contributed by atoms with van der Waals surface area (Å²) in [7, 11) is 4.26. The van der Waals surface area contributed by atoms with E-state index >= 15 is 0 Å². The highest BCUT2D eigenvalue weighted by Crippen LogP contribution is 2.20. The van der Waals surface area contributed by atoms with Crippen LogP contribution in [-0.2, 0) is 20.6 Å². The molecule has 0 aliphatic rings. The lowest BCUT2D eigenvalue weighted by molar-refractivity contribution is 0.402. The molecule has 0 bridgehead atoms. The van der Waals surface area contributed by atoms with E-state index in [2.05, 4.69) is 10.2 Å². The van der Waals surface area contributed by atoms with Crippen LogP contribution < -0.4 is 21.5 Å². The molecule has 0 fully saturated rings. The van der Waals surface area contributed by atoms with Crippen LogP contribution in [0.5, 0.6) is 5.75 Å². The molecule has 2 aromatic rings.